The summed E-state index contributed by atoms with van der Waals surface area (Å²) >= 11 is 0. The van der Waals surface area contributed by atoms with E-state index in [1.807, 2.05) is 60.7 Å². The maximum atomic E-state index is 13.8. The van der Waals surface area contributed by atoms with Crippen molar-refractivity contribution in [3.05, 3.63) is 114 Å². The highest BCUT2D eigenvalue weighted by Gasteiger charge is 2.68. The van der Waals surface area contributed by atoms with E-state index in [0.29, 0.717) is 29.8 Å². The van der Waals surface area contributed by atoms with E-state index >= 15 is 0 Å². The molecule has 42 heavy (non-hydrogen) atoms. The normalized spacial score (nSPS) is 27.3. The summed E-state index contributed by atoms with van der Waals surface area (Å²) in [4.78, 5) is 55.2. The number of likely N-dealkylation sites (tertiary alicyclic amines) is 1. The number of amides is 2. The van der Waals surface area contributed by atoms with Gasteiger partial charge in [0.1, 0.15) is 18.4 Å². The lowest BCUT2D eigenvalue weighted by atomic mass is 9.63. The van der Waals surface area contributed by atoms with Crippen LogP contribution in [-0.2, 0) is 32.1 Å². The average Bonchev–Trinajstić information content (AvgIpc) is 3.81. The van der Waals surface area contributed by atoms with Gasteiger partial charge in [-0.2, -0.15) is 0 Å². The minimum absolute atomic E-state index is 0.0565. The van der Waals surface area contributed by atoms with E-state index in [4.69, 9.17) is 9.47 Å². The summed E-state index contributed by atoms with van der Waals surface area (Å²) in [5.41, 5.74) is 2.21. The van der Waals surface area contributed by atoms with E-state index in [1.165, 1.54) is 0 Å². The highest BCUT2D eigenvalue weighted by molar-refractivity contribution is 6.09. The van der Waals surface area contributed by atoms with Crippen molar-refractivity contribution in [2.45, 2.75) is 25.5 Å². The molecule has 0 aromatic heterocycles. The summed E-state index contributed by atoms with van der Waals surface area (Å²) in [7, 11) is 0. The number of Topliss-reactive ketones (excluding diaryl/α,β-unsaturated/α-hetero) is 1. The van der Waals surface area contributed by atoms with Crippen molar-refractivity contribution in [1.29, 1.82) is 0 Å². The van der Waals surface area contributed by atoms with Gasteiger partial charge in [0.2, 0.25) is 11.8 Å². The first-order valence-corrected chi connectivity index (χ1v) is 14.6. The Morgan fingerprint density at radius 2 is 1.33 bits per heavy atom. The summed E-state index contributed by atoms with van der Waals surface area (Å²) in [6, 6.07) is 24.6. The maximum absolute atomic E-state index is 13.8. The van der Waals surface area contributed by atoms with E-state index in [-0.39, 0.29) is 35.9 Å². The summed E-state index contributed by atoms with van der Waals surface area (Å²) < 4.78 is 11.3. The zero-order valence-corrected chi connectivity index (χ0v) is 23.0. The van der Waals surface area contributed by atoms with Gasteiger partial charge in [0.15, 0.2) is 12.4 Å². The minimum atomic E-state index is -1.13. The number of hydrogen-bond acceptors (Lipinski definition) is 6. The first kappa shape index (κ1) is 26.4. The molecule has 1 saturated heterocycles. The van der Waals surface area contributed by atoms with Crippen LogP contribution < -0.4 is 4.74 Å². The van der Waals surface area contributed by atoms with Gasteiger partial charge < -0.3 is 9.47 Å². The molecule has 0 radical (unpaired) electrons. The SMILES string of the molecule is O=C(COC(=O)[C@H](Cc1ccccc1)N1C(=O)[C@H]2[C@@H]3C=C[C@H]([C@H]4C[C@H]34)[C@@H]2C1=O)c1ccc(OCc2ccccc2)cc1. The van der Waals surface area contributed by atoms with E-state index < -0.39 is 30.5 Å². The van der Waals surface area contributed by atoms with Crippen LogP contribution in [0.15, 0.2) is 97.1 Å². The number of esters is 1. The quantitative estimate of drug-likeness (QED) is 0.155. The lowest BCUT2D eigenvalue weighted by Crippen LogP contribution is -2.48. The molecule has 2 bridgehead atoms. The Hall–Kier alpha value is -4.52. The first-order chi connectivity index (χ1) is 20.5. The highest BCUT2D eigenvalue weighted by atomic mass is 16.5. The van der Waals surface area contributed by atoms with Crippen LogP contribution in [-0.4, -0.2) is 41.1 Å². The molecule has 2 amide bonds. The topological polar surface area (TPSA) is 90.0 Å². The first-order valence-electron chi connectivity index (χ1n) is 14.6. The van der Waals surface area contributed by atoms with Crippen molar-refractivity contribution in [2.24, 2.45) is 35.5 Å². The minimum Gasteiger partial charge on any atom is -0.489 e. The van der Waals surface area contributed by atoms with E-state index in [2.05, 4.69) is 12.2 Å². The van der Waals surface area contributed by atoms with Crippen molar-refractivity contribution in [3.63, 3.8) is 0 Å². The van der Waals surface area contributed by atoms with Gasteiger partial charge >= 0.3 is 5.97 Å². The molecule has 2 saturated carbocycles. The van der Waals surface area contributed by atoms with Crippen molar-refractivity contribution in [2.75, 3.05) is 6.61 Å². The summed E-state index contributed by atoms with van der Waals surface area (Å²) in [6.07, 6.45) is 5.41. The highest BCUT2D eigenvalue weighted by Crippen LogP contribution is 2.65. The predicted molar refractivity (Wildman–Crippen MR) is 153 cm³/mol. The molecule has 3 fully saturated rings. The average molecular weight is 562 g/mol. The zero-order chi connectivity index (χ0) is 28.8. The third kappa shape index (κ3) is 4.73. The zero-order valence-electron chi connectivity index (χ0n) is 23.0. The number of imide groups is 1. The predicted octanol–water partition coefficient (Wildman–Crippen LogP) is 4.66. The molecule has 7 nitrogen and oxygen atoms in total. The van der Waals surface area contributed by atoms with E-state index in [0.717, 1.165) is 22.4 Å². The second-order valence-corrected chi connectivity index (χ2v) is 11.7. The molecule has 0 N–H and O–H groups in total. The van der Waals surface area contributed by atoms with Gasteiger partial charge in [-0.05, 0) is 65.5 Å². The van der Waals surface area contributed by atoms with Crippen molar-refractivity contribution >= 4 is 23.6 Å². The Labute approximate surface area is 244 Å². The van der Waals surface area contributed by atoms with Crippen LogP contribution in [0.5, 0.6) is 5.75 Å². The van der Waals surface area contributed by atoms with Gasteiger partial charge in [-0.15, -0.1) is 0 Å². The molecule has 4 aliphatic carbocycles. The molecule has 1 aliphatic heterocycles. The van der Waals surface area contributed by atoms with Crippen LogP contribution in [0.4, 0.5) is 0 Å². The Morgan fingerprint density at radius 3 is 1.93 bits per heavy atom. The third-order valence-electron chi connectivity index (χ3n) is 9.32. The summed E-state index contributed by atoms with van der Waals surface area (Å²) in [5, 5.41) is 0. The number of nitrogens with zero attached hydrogens (tertiary/aromatic N) is 1. The second kappa shape index (κ2) is 10.7. The fourth-order valence-corrected chi connectivity index (χ4v) is 7.20. The van der Waals surface area contributed by atoms with E-state index in [9.17, 15) is 19.2 Å². The second-order valence-electron chi connectivity index (χ2n) is 11.7. The molecule has 212 valence electrons. The van der Waals surface area contributed by atoms with Crippen LogP contribution >= 0.6 is 0 Å². The Kier molecular flexibility index (Phi) is 6.73. The van der Waals surface area contributed by atoms with Crippen LogP contribution in [0, 0.1) is 35.5 Å². The third-order valence-corrected chi connectivity index (χ3v) is 9.32. The number of benzene rings is 3. The van der Waals surface area contributed by atoms with Crippen molar-refractivity contribution in [3.8, 4) is 5.75 Å². The summed E-state index contributed by atoms with van der Waals surface area (Å²) in [6.45, 7) is -0.0859. The van der Waals surface area contributed by atoms with Crippen LogP contribution in [0.25, 0.3) is 0 Å². The van der Waals surface area contributed by atoms with Crippen LogP contribution in [0.1, 0.15) is 27.9 Å². The van der Waals surface area contributed by atoms with Gasteiger partial charge in [-0.3, -0.25) is 19.3 Å². The summed E-state index contributed by atoms with van der Waals surface area (Å²) in [5.74, 6) is -0.873. The standard InChI is InChI=1S/C35H31NO6/c37-30(23-11-13-24(14-12-23)41-19-22-9-5-2-6-10-22)20-42-35(40)29(17-21-7-3-1-4-8-21)36-33(38)31-25-15-16-26(28-18-27(25)28)32(31)34(36)39/h1-16,25-29,31-32H,17-20H2/t25-,26-,27-,28-,29+,31+,32+/m1/s1. The largest absolute Gasteiger partial charge is 0.489 e. The monoisotopic (exact) mass is 561 g/mol. The van der Waals surface area contributed by atoms with Gasteiger partial charge in [0.25, 0.3) is 0 Å². The number of carbonyl (C=O) groups is 4. The molecule has 0 spiro atoms. The Balaban J connectivity index is 1.04. The fraction of sp³-hybridized carbons (Fsp3) is 0.314. The molecule has 3 aromatic rings. The number of rotatable bonds is 10. The molecule has 3 aromatic carbocycles. The lowest BCUT2D eigenvalue weighted by molar-refractivity contribution is -0.158. The fourth-order valence-electron chi connectivity index (χ4n) is 7.20. The maximum Gasteiger partial charge on any atom is 0.330 e. The van der Waals surface area contributed by atoms with Gasteiger partial charge in [0, 0.05) is 12.0 Å². The molecule has 1 heterocycles. The number of allylic oxidation sites excluding steroid dienone is 2. The number of hydrogen-bond donors (Lipinski definition) is 0. The van der Waals surface area contributed by atoms with Gasteiger partial charge in [-0.1, -0.05) is 72.8 Å². The number of ether oxygens (including phenoxy) is 2. The Bertz CT molecular complexity index is 1510. The molecular weight excluding hydrogens is 530 g/mol. The van der Waals surface area contributed by atoms with Crippen molar-refractivity contribution in [1.82, 2.24) is 4.90 Å². The number of carbonyl (C=O) groups excluding carboxylic acids is 4. The van der Waals surface area contributed by atoms with Crippen molar-refractivity contribution < 1.29 is 28.7 Å². The van der Waals surface area contributed by atoms with Crippen LogP contribution in [0.2, 0.25) is 0 Å². The molecule has 7 heteroatoms. The number of ketones is 1. The Morgan fingerprint density at radius 1 is 0.762 bits per heavy atom. The molecule has 8 rings (SSSR count). The smallest absolute Gasteiger partial charge is 0.330 e. The van der Waals surface area contributed by atoms with Gasteiger partial charge in [-0.25, -0.2) is 4.79 Å². The molecular formula is C35H31NO6. The van der Waals surface area contributed by atoms with Crippen LogP contribution in [0.3, 0.4) is 0 Å². The molecule has 0 unspecified atom stereocenters. The van der Waals surface area contributed by atoms with E-state index in [1.54, 1.807) is 24.3 Å². The molecule has 5 aliphatic rings. The lowest BCUT2D eigenvalue weighted by Gasteiger charge is -2.37. The molecule has 7 atom stereocenters. The van der Waals surface area contributed by atoms with Gasteiger partial charge in [0.05, 0.1) is 11.8 Å².